The number of hydrogen-bond donors (Lipinski definition) is 0. The van der Waals surface area contributed by atoms with E-state index >= 15 is 0 Å². The van der Waals surface area contributed by atoms with Crippen LogP contribution in [0.5, 0.6) is 0 Å². The maximum Gasteiger partial charge on any atom is 0.213 e. The van der Waals surface area contributed by atoms with Gasteiger partial charge in [0, 0.05) is 38.5 Å². The molecular weight excluding hydrogens is 572 g/mol. The lowest BCUT2D eigenvalue weighted by Gasteiger charge is -2.13. The highest BCUT2D eigenvalue weighted by Crippen LogP contribution is 2.43. The number of aromatic nitrogens is 2. The van der Waals surface area contributed by atoms with Crippen LogP contribution in [-0.2, 0) is 0 Å². The van der Waals surface area contributed by atoms with E-state index in [0.717, 1.165) is 50.1 Å². The quantitative estimate of drug-likeness (QED) is 0.197. The summed E-state index contributed by atoms with van der Waals surface area (Å²) in [4.78, 5) is 0. The minimum atomic E-state index is 0.862. The van der Waals surface area contributed by atoms with E-state index in [1.807, 2.05) is 6.07 Å². The number of fused-ring (bicyclic) bond motifs is 8. The Morgan fingerprint density at radius 2 is 1.00 bits per heavy atom. The van der Waals surface area contributed by atoms with Crippen molar-refractivity contribution in [2.75, 3.05) is 0 Å². The summed E-state index contributed by atoms with van der Waals surface area (Å²) in [5.41, 5.74) is 12.2. The van der Waals surface area contributed by atoms with Gasteiger partial charge >= 0.3 is 0 Å². The zero-order valence-corrected chi connectivity index (χ0v) is 25.5. The largest absolute Gasteiger partial charge is 0.439 e. The molecule has 0 radical (unpaired) electrons. The van der Waals surface area contributed by atoms with Gasteiger partial charge in [-0.15, -0.1) is 0 Å². The molecule has 0 spiro atoms. The van der Waals surface area contributed by atoms with Gasteiger partial charge < -0.3 is 8.98 Å². The van der Waals surface area contributed by atoms with Crippen molar-refractivity contribution in [3.63, 3.8) is 0 Å². The molecule has 0 atom stereocenters. The first-order valence-electron chi connectivity index (χ1n) is 16.0. The normalized spacial score (nSPS) is 11.8. The number of para-hydroxylation sites is 4. The van der Waals surface area contributed by atoms with Gasteiger partial charge in [-0.2, -0.15) is 0 Å². The Balaban J connectivity index is 1.21. The molecule has 10 aromatic rings. The molecule has 3 heteroatoms. The molecule has 10 rings (SSSR count). The third-order valence-corrected chi connectivity index (χ3v) is 9.54. The molecule has 220 valence electrons. The summed E-state index contributed by atoms with van der Waals surface area (Å²) in [5, 5.41) is 5.98. The summed E-state index contributed by atoms with van der Waals surface area (Å²) in [7, 11) is 0. The summed E-state index contributed by atoms with van der Waals surface area (Å²) in [6, 6.07) is 60.6. The minimum Gasteiger partial charge on any atom is -0.439 e. The minimum absolute atomic E-state index is 0.862. The maximum atomic E-state index is 6.67. The molecule has 3 aromatic heterocycles. The van der Waals surface area contributed by atoms with E-state index in [0.29, 0.717) is 0 Å². The van der Waals surface area contributed by atoms with Crippen molar-refractivity contribution in [3.8, 4) is 33.6 Å². The molecule has 0 fully saturated rings. The molecule has 0 unspecified atom stereocenters. The molecular formula is C44H28N2O. The van der Waals surface area contributed by atoms with Crippen LogP contribution in [0.3, 0.4) is 0 Å². The lowest BCUT2D eigenvalue weighted by molar-refractivity contribution is 0.645. The van der Waals surface area contributed by atoms with Crippen molar-refractivity contribution in [2.45, 2.75) is 0 Å². The van der Waals surface area contributed by atoms with Crippen LogP contribution in [0.15, 0.2) is 174 Å². The van der Waals surface area contributed by atoms with Gasteiger partial charge in [-0.1, -0.05) is 127 Å². The second-order valence-corrected chi connectivity index (χ2v) is 12.1. The molecule has 0 aliphatic carbocycles. The fourth-order valence-electron chi connectivity index (χ4n) is 7.46. The summed E-state index contributed by atoms with van der Waals surface area (Å²) < 4.78 is 11.3. The van der Waals surface area contributed by atoms with Gasteiger partial charge in [-0.3, -0.25) is 4.57 Å². The van der Waals surface area contributed by atoms with E-state index in [1.165, 1.54) is 38.3 Å². The predicted octanol–water partition coefficient (Wildman–Crippen LogP) is 12.0. The highest BCUT2D eigenvalue weighted by atomic mass is 16.3. The second kappa shape index (κ2) is 10.1. The summed E-state index contributed by atoms with van der Waals surface area (Å²) in [6.45, 7) is 0. The van der Waals surface area contributed by atoms with E-state index < -0.39 is 0 Å². The van der Waals surface area contributed by atoms with E-state index in [1.54, 1.807) is 0 Å². The summed E-state index contributed by atoms with van der Waals surface area (Å²) in [5.74, 6) is 0. The Morgan fingerprint density at radius 3 is 1.77 bits per heavy atom. The van der Waals surface area contributed by atoms with E-state index in [-0.39, 0.29) is 0 Å². The Hall–Kier alpha value is -6.32. The first-order valence-corrected chi connectivity index (χ1v) is 16.0. The molecule has 0 aliphatic heterocycles. The van der Waals surface area contributed by atoms with Gasteiger partial charge in [0.05, 0.1) is 21.9 Å². The number of benzene rings is 7. The molecule has 3 heterocycles. The molecule has 47 heavy (non-hydrogen) atoms. The molecule has 3 nitrogen and oxygen atoms in total. The van der Waals surface area contributed by atoms with Crippen LogP contribution >= 0.6 is 0 Å². The van der Waals surface area contributed by atoms with Crippen molar-refractivity contribution < 1.29 is 4.42 Å². The number of hydrogen-bond acceptors (Lipinski definition) is 1. The zero-order valence-electron chi connectivity index (χ0n) is 25.5. The Labute approximate surface area is 271 Å². The van der Waals surface area contributed by atoms with Crippen molar-refractivity contribution >= 4 is 54.8 Å². The molecule has 0 saturated carbocycles. The van der Waals surface area contributed by atoms with Gasteiger partial charge in [0.25, 0.3) is 0 Å². The van der Waals surface area contributed by atoms with Crippen LogP contribution in [-0.4, -0.2) is 9.13 Å². The Morgan fingerprint density at radius 1 is 0.383 bits per heavy atom. The van der Waals surface area contributed by atoms with Crippen molar-refractivity contribution in [3.05, 3.63) is 170 Å². The smallest absolute Gasteiger partial charge is 0.213 e. The van der Waals surface area contributed by atoms with Gasteiger partial charge in [0.15, 0.2) is 0 Å². The van der Waals surface area contributed by atoms with Crippen LogP contribution in [0.2, 0.25) is 0 Å². The van der Waals surface area contributed by atoms with Crippen LogP contribution < -0.4 is 0 Å². The molecule has 0 bridgehead atoms. The highest BCUT2D eigenvalue weighted by Gasteiger charge is 2.22. The van der Waals surface area contributed by atoms with E-state index in [9.17, 15) is 0 Å². The van der Waals surface area contributed by atoms with Crippen LogP contribution in [0, 0.1) is 0 Å². The number of nitrogens with zero attached hydrogens (tertiary/aromatic N) is 2. The third kappa shape index (κ3) is 3.87. The van der Waals surface area contributed by atoms with Crippen LogP contribution in [0.1, 0.15) is 0 Å². The molecule has 0 saturated heterocycles. The lowest BCUT2D eigenvalue weighted by atomic mass is 10.0. The Bertz CT molecular complexity index is 2720. The van der Waals surface area contributed by atoms with E-state index in [2.05, 4.69) is 173 Å². The lowest BCUT2D eigenvalue weighted by Crippen LogP contribution is -1.96. The Kier molecular flexibility index (Phi) is 5.57. The fourth-order valence-corrected chi connectivity index (χ4v) is 7.46. The van der Waals surface area contributed by atoms with E-state index in [4.69, 9.17) is 4.42 Å². The first-order chi connectivity index (χ1) is 23.3. The predicted molar refractivity (Wildman–Crippen MR) is 196 cm³/mol. The fraction of sp³-hybridized carbons (Fsp3) is 0. The maximum absolute atomic E-state index is 6.67. The van der Waals surface area contributed by atoms with Gasteiger partial charge in [-0.05, 0) is 59.2 Å². The number of rotatable bonds is 4. The van der Waals surface area contributed by atoms with Gasteiger partial charge in [0.1, 0.15) is 5.58 Å². The SMILES string of the molecule is c1ccc(-c2cccc(-n3c4oc5ccccc5c4c4cccc(-c5ccc(-n6c7ccccc7c7ccccc76)cc5)c43)c2)cc1. The topological polar surface area (TPSA) is 23.0 Å². The molecule has 0 amide bonds. The molecule has 0 N–H and O–H groups in total. The monoisotopic (exact) mass is 600 g/mol. The number of furan rings is 1. The van der Waals surface area contributed by atoms with Crippen molar-refractivity contribution in [1.29, 1.82) is 0 Å². The average Bonchev–Trinajstić information content (AvgIpc) is 3.79. The van der Waals surface area contributed by atoms with Gasteiger partial charge in [-0.25, -0.2) is 0 Å². The second-order valence-electron chi connectivity index (χ2n) is 12.1. The van der Waals surface area contributed by atoms with Crippen LogP contribution in [0.4, 0.5) is 0 Å². The third-order valence-electron chi connectivity index (χ3n) is 9.54. The molecule has 0 aliphatic rings. The highest BCUT2D eigenvalue weighted by molar-refractivity contribution is 6.22. The van der Waals surface area contributed by atoms with Gasteiger partial charge in [0.2, 0.25) is 5.71 Å². The summed E-state index contributed by atoms with van der Waals surface area (Å²) in [6.07, 6.45) is 0. The zero-order chi connectivity index (χ0) is 30.9. The standard InChI is InChI=1S/C44H28N2O/c1-2-12-29(13-3-1)31-14-10-15-33(28-31)46-43-34(19-11-20-38(43)42-37-18-6-9-23-41(37)47-44(42)46)30-24-26-32(27-25-30)45-39-21-7-4-16-35(39)36-17-5-8-22-40(36)45/h1-28H. The van der Waals surface area contributed by atoms with Crippen molar-refractivity contribution in [1.82, 2.24) is 9.13 Å². The average molecular weight is 601 g/mol. The van der Waals surface area contributed by atoms with Crippen molar-refractivity contribution in [2.24, 2.45) is 0 Å². The molecule has 7 aromatic carbocycles. The summed E-state index contributed by atoms with van der Waals surface area (Å²) >= 11 is 0. The van der Waals surface area contributed by atoms with Crippen LogP contribution in [0.25, 0.3) is 88.4 Å². The first kappa shape index (κ1) is 26.0.